The summed E-state index contributed by atoms with van der Waals surface area (Å²) < 4.78 is 0. The van der Waals surface area contributed by atoms with Crippen LogP contribution >= 0.6 is 0 Å². The molecule has 0 radical (unpaired) electrons. The van der Waals surface area contributed by atoms with Crippen LogP contribution in [-0.4, -0.2) is 0 Å². The second-order valence-electron chi connectivity index (χ2n) is 8.96. The van der Waals surface area contributed by atoms with Crippen LogP contribution in [0.3, 0.4) is 0 Å². The van der Waals surface area contributed by atoms with Crippen molar-refractivity contribution in [3.05, 3.63) is 33.2 Å². The molecule has 0 nitrogen and oxygen atoms in total. The lowest BCUT2D eigenvalue weighted by Crippen LogP contribution is -2.51. The van der Waals surface area contributed by atoms with Crippen molar-refractivity contribution in [3.63, 3.8) is 0 Å². The van der Waals surface area contributed by atoms with Gasteiger partial charge < -0.3 is 0 Å². The highest BCUT2D eigenvalue weighted by atomic mass is 14.5. The van der Waals surface area contributed by atoms with Gasteiger partial charge in [-0.2, -0.15) is 0 Å². The fourth-order valence-corrected chi connectivity index (χ4v) is 5.79. The minimum absolute atomic E-state index is 0.300. The lowest BCUT2D eigenvalue weighted by atomic mass is 9.50. The first kappa shape index (κ1) is 15.8. The van der Waals surface area contributed by atoms with Crippen LogP contribution in [0.25, 0.3) is 13.2 Å². The highest BCUT2D eigenvalue weighted by Crippen LogP contribution is 2.55. The molecule has 1 aromatic rings. The summed E-state index contributed by atoms with van der Waals surface area (Å²) in [5, 5.41) is 2.58. The Balaban J connectivity index is 2.26. The Morgan fingerprint density at radius 3 is 2.45 bits per heavy atom. The number of hydrogen-bond acceptors (Lipinski definition) is 0. The monoisotopic (exact) mass is 296 g/mol. The molecule has 0 heteroatoms. The van der Waals surface area contributed by atoms with E-state index in [1.165, 1.54) is 53.7 Å². The number of rotatable bonds is 1. The maximum atomic E-state index is 4.47. The summed E-state index contributed by atoms with van der Waals surface area (Å²) in [6, 6.07) is 2.33. The van der Waals surface area contributed by atoms with Gasteiger partial charge in [-0.05, 0) is 75.5 Å². The van der Waals surface area contributed by atoms with Crippen molar-refractivity contribution in [1.82, 2.24) is 0 Å². The van der Waals surface area contributed by atoms with Crippen LogP contribution in [0.15, 0.2) is 6.07 Å². The summed E-state index contributed by atoms with van der Waals surface area (Å²) in [5.74, 6) is 1.32. The smallest absolute Gasteiger partial charge is 0.00332 e. The van der Waals surface area contributed by atoms with Crippen LogP contribution in [-0.2, 0) is 11.8 Å². The molecule has 22 heavy (non-hydrogen) atoms. The van der Waals surface area contributed by atoms with Gasteiger partial charge in [0.2, 0.25) is 0 Å². The Morgan fingerprint density at radius 1 is 1.14 bits per heavy atom. The second kappa shape index (κ2) is 4.98. The fraction of sp³-hybridized carbons (Fsp3) is 0.636. The zero-order chi connectivity index (χ0) is 16.3. The Morgan fingerprint density at radius 2 is 1.82 bits per heavy atom. The van der Waals surface area contributed by atoms with Crippen LogP contribution in [0.5, 0.6) is 0 Å². The standard InChI is InChI=1S/C22H32/c1-14(2)18-13-15(3)20-17(16(18)4)9-10-19-21(5,6)11-8-12-22(19,20)7/h13-14,19H,3-4,8-12H2,1-2,5-7H3. The van der Waals surface area contributed by atoms with E-state index in [2.05, 4.69) is 53.8 Å². The summed E-state index contributed by atoms with van der Waals surface area (Å²) in [6.45, 7) is 21.0. The Labute approximate surface area is 136 Å². The molecule has 2 aliphatic carbocycles. The maximum absolute atomic E-state index is 4.47. The molecule has 0 bridgehead atoms. The van der Waals surface area contributed by atoms with Crippen LogP contribution < -0.4 is 10.4 Å². The topological polar surface area (TPSA) is 0 Å². The van der Waals surface area contributed by atoms with Crippen LogP contribution in [0.2, 0.25) is 0 Å². The first-order valence-corrected chi connectivity index (χ1v) is 9.02. The van der Waals surface area contributed by atoms with E-state index in [9.17, 15) is 0 Å². The van der Waals surface area contributed by atoms with E-state index in [1.54, 1.807) is 5.56 Å². The predicted molar refractivity (Wildman–Crippen MR) is 97.6 cm³/mol. The summed E-state index contributed by atoms with van der Waals surface area (Å²) in [6.07, 6.45) is 6.55. The molecule has 0 aromatic heterocycles. The third kappa shape index (κ3) is 2.10. The molecule has 2 atom stereocenters. The third-order valence-corrected chi connectivity index (χ3v) is 6.77. The van der Waals surface area contributed by atoms with Crippen LogP contribution in [0.4, 0.5) is 0 Å². The molecule has 0 heterocycles. The Hall–Kier alpha value is -1.04. The first-order chi connectivity index (χ1) is 10.2. The molecule has 0 spiro atoms. The van der Waals surface area contributed by atoms with Gasteiger partial charge in [0.15, 0.2) is 0 Å². The van der Waals surface area contributed by atoms with Gasteiger partial charge >= 0.3 is 0 Å². The molecule has 1 aromatic carbocycles. The van der Waals surface area contributed by atoms with E-state index in [4.69, 9.17) is 0 Å². The van der Waals surface area contributed by atoms with Crippen molar-refractivity contribution in [1.29, 1.82) is 0 Å². The maximum Gasteiger partial charge on any atom is -0.00332 e. The Kier molecular flexibility index (Phi) is 3.59. The largest absolute Gasteiger partial charge is 0.0914 e. The predicted octanol–water partition coefficient (Wildman–Crippen LogP) is 4.66. The molecule has 0 aliphatic heterocycles. The quantitative estimate of drug-likeness (QED) is 0.707. The average molecular weight is 296 g/mol. The SMILES string of the molecule is C=c1cc(C(C)C)c(=C)c2c1C1(C)CCCC(C)(C)C1CC2. The van der Waals surface area contributed by atoms with Crippen molar-refractivity contribution < 1.29 is 0 Å². The molecule has 120 valence electrons. The van der Waals surface area contributed by atoms with Crippen molar-refractivity contribution >= 4 is 13.2 Å². The molecule has 1 fully saturated rings. The zero-order valence-corrected chi connectivity index (χ0v) is 15.2. The van der Waals surface area contributed by atoms with Crippen LogP contribution in [0, 0.1) is 11.3 Å². The summed E-state index contributed by atoms with van der Waals surface area (Å²) >= 11 is 0. The minimum atomic E-state index is 0.300. The molecule has 0 amide bonds. The van der Waals surface area contributed by atoms with Gasteiger partial charge in [0.1, 0.15) is 0 Å². The normalized spacial score (nSPS) is 30.0. The number of hydrogen-bond donors (Lipinski definition) is 0. The van der Waals surface area contributed by atoms with E-state index in [1.807, 2.05) is 0 Å². The zero-order valence-electron chi connectivity index (χ0n) is 15.2. The van der Waals surface area contributed by atoms with E-state index in [0.29, 0.717) is 16.7 Å². The van der Waals surface area contributed by atoms with Gasteiger partial charge in [0.25, 0.3) is 0 Å². The van der Waals surface area contributed by atoms with Crippen molar-refractivity contribution in [2.45, 2.75) is 78.1 Å². The second-order valence-corrected chi connectivity index (χ2v) is 8.96. The fourth-order valence-electron chi connectivity index (χ4n) is 5.79. The van der Waals surface area contributed by atoms with Crippen LogP contribution in [0.1, 0.15) is 82.9 Å². The average Bonchev–Trinajstić information content (AvgIpc) is 2.40. The summed E-state index contributed by atoms with van der Waals surface area (Å²) in [7, 11) is 0. The highest BCUT2D eigenvalue weighted by Gasteiger charge is 2.50. The van der Waals surface area contributed by atoms with Gasteiger partial charge in [-0.25, -0.2) is 0 Å². The van der Waals surface area contributed by atoms with E-state index < -0.39 is 0 Å². The first-order valence-electron chi connectivity index (χ1n) is 9.02. The lowest BCUT2D eigenvalue weighted by molar-refractivity contribution is 0.0400. The summed E-state index contributed by atoms with van der Waals surface area (Å²) in [4.78, 5) is 0. The van der Waals surface area contributed by atoms with E-state index in [0.717, 1.165) is 5.92 Å². The third-order valence-electron chi connectivity index (χ3n) is 6.77. The van der Waals surface area contributed by atoms with Gasteiger partial charge in [0, 0.05) is 0 Å². The minimum Gasteiger partial charge on any atom is -0.0914 e. The highest BCUT2D eigenvalue weighted by molar-refractivity contribution is 5.46. The molecule has 2 unspecified atom stereocenters. The van der Waals surface area contributed by atoms with Crippen molar-refractivity contribution in [3.8, 4) is 0 Å². The van der Waals surface area contributed by atoms with Crippen molar-refractivity contribution in [2.75, 3.05) is 0 Å². The molecule has 2 aliphatic rings. The molecular weight excluding hydrogens is 264 g/mol. The van der Waals surface area contributed by atoms with E-state index in [-0.39, 0.29) is 0 Å². The van der Waals surface area contributed by atoms with Gasteiger partial charge in [0.05, 0.1) is 0 Å². The molecule has 0 saturated heterocycles. The van der Waals surface area contributed by atoms with Crippen molar-refractivity contribution in [2.24, 2.45) is 11.3 Å². The lowest BCUT2D eigenvalue weighted by Gasteiger charge is -2.54. The van der Waals surface area contributed by atoms with Gasteiger partial charge in [-0.15, -0.1) is 0 Å². The molecular formula is C22H32. The number of benzene rings is 1. The van der Waals surface area contributed by atoms with Gasteiger partial charge in [-0.1, -0.05) is 60.3 Å². The molecule has 3 rings (SSSR count). The molecule has 0 N–H and O–H groups in total. The number of fused-ring (bicyclic) bond motifs is 3. The Bertz CT molecular complexity index is 692. The molecule has 1 saturated carbocycles. The summed E-state index contributed by atoms with van der Waals surface area (Å²) in [5.41, 5.74) is 5.25. The van der Waals surface area contributed by atoms with Gasteiger partial charge in [-0.3, -0.25) is 0 Å². The van der Waals surface area contributed by atoms with E-state index >= 15 is 0 Å².